The van der Waals surface area contributed by atoms with E-state index < -0.39 is 47.1 Å². The van der Waals surface area contributed by atoms with Gasteiger partial charge in [-0.05, 0) is 0 Å². The summed E-state index contributed by atoms with van der Waals surface area (Å²) in [6.45, 7) is 0. The summed E-state index contributed by atoms with van der Waals surface area (Å²) in [5, 5.41) is 16.2. The van der Waals surface area contributed by atoms with Crippen molar-refractivity contribution in [1.82, 2.24) is 0 Å². The van der Waals surface area contributed by atoms with E-state index in [1.54, 1.807) is 12.1 Å². The number of Topliss-reactive ketones (excluding diaryl/α,β-unsaturated/α-hetero) is 2. The molecule has 0 amide bonds. The van der Waals surface area contributed by atoms with Crippen LogP contribution in [-0.4, -0.2) is 50.8 Å². The number of rotatable bonds is 4. The Morgan fingerprint density at radius 3 is 2.32 bits per heavy atom. The first-order valence-electron chi connectivity index (χ1n) is 6.17. The smallest absolute Gasteiger partial charge is 0.329 e. The SMILES string of the molecule is O=C(O)C[C@H](N=C1C(=O)c2ccccc2C(=O)[C@@H]1Cl)C(=O)O. The Morgan fingerprint density at radius 1 is 1.18 bits per heavy atom. The molecule has 2 N–H and O–H groups in total. The van der Waals surface area contributed by atoms with Crippen LogP contribution in [0.5, 0.6) is 0 Å². The molecule has 2 atom stereocenters. The Bertz CT molecular complexity index is 711. The van der Waals surface area contributed by atoms with Crippen molar-refractivity contribution in [2.75, 3.05) is 0 Å². The number of hydrogen-bond donors (Lipinski definition) is 2. The average molecular weight is 324 g/mol. The van der Waals surface area contributed by atoms with Gasteiger partial charge in [-0.25, -0.2) is 4.79 Å². The Labute approximate surface area is 129 Å². The summed E-state index contributed by atoms with van der Waals surface area (Å²) in [5.74, 6) is -4.15. The highest BCUT2D eigenvalue weighted by Gasteiger charge is 2.38. The van der Waals surface area contributed by atoms with Crippen molar-refractivity contribution in [3.63, 3.8) is 0 Å². The predicted octanol–water partition coefficient (Wildman–Crippen LogP) is 1.04. The maximum absolute atomic E-state index is 12.3. The van der Waals surface area contributed by atoms with Crippen LogP contribution < -0.4 is 0 Å². The normalized spacial score (nSPS) is 20.6. The second kappa shape index (κ2) is 6.07. The number of aliphatic imine (C=N–C) groups is 1. The lowest BCUT2D eigenvalue weighted by atomic mass is 9.87. The van der Waals surface area contributed by atoms with E-state index in [0.717, 1.165) is 0 Å². The molecule has 0 spiro atoms. The van der Waals surface area contributed by atoms with Crippen LogP contribution in [0, 0.1) is 0 Å². The highest BCUT2D eigenvalue weighted by Crippen LogP contribution is 2.24. The molecule has 1 aromatic carbocycles. The lowest BCUT2D eigenvalue weighted by Crippen LogP contribution is -2.39. The van der Waals surface area contributed by atoms with Gasteiger partial charge >= 0.3 is 11.9 Å². The van der Waals surface area contributed by atoms with E-state index >= 15 is 0 Å². The number of benzene rings is 1. The first kappa shape index (κ1) is 15.8. The van der Waals surface area contributed by atoms with E-state index in [2.05, 4.69) is 4.99 Å². The molecular weight excluding hydrogens is 314 g/mol. The van der Waals surface area contributed by atoms with E-state index in [0.29, 0.717) is 0 Å². The van der Waals surface area contributed by atoms with Gasteiger partial charge in [0.2, 0.25) is 5.78 Å². The van der Waals surface area contributed by atoms with E-state index in [4.69, 9.17) is 21.8 Å². The van der Waals surface area contributed by atoms with Gasteiger partial charge in [-0.3, -0.25) is 19.4 Å². The molecular formula is C14H10ClNO6. The number of aliphatic carboxylic acids is 2. The van der Waals surface area contributed by atoms with Crippen molar-refractivity contribution in [3.05, 3.63) is 35.4 Å². The van der Waals surface area contributed by atoms with Crippen LogP contribution in [-0.2, 0) is 9.59 Å². The minimum absolute atomic E-state index is 0.0719. The van der Waals surface area contributed by atoms with Gasteiger partial charge in [0, 0.05) is 11.1 Å². The van der Waals surface area contributed by atoms with Crippen LogP contribution in [0.4, 0.5) is 0 Å². The number of fused-ring (bicyclic) bond motifs is 1. The summed E-state index contributed by atoms with van der Waals surface area (Å²) < 4.78 is 0. The zero-order valence-corrected chi connectivity index (χ0v) is 11.8. The van der Waals surface area contributed by atoms with Crippen LogP contribution in [0.15, 0.2) is 29.3 Å². The molecule has 0 fully saturated rings. The van der Waals surface area contributed by atoms with E-state index in [1.807, 2.05) is 0 Å². The molecule has 1 aliphatic carbocycles. The zero-order valence-electron chi connectivity index (χ0n) is 11.0. The van der Waals surface area contributed by atoms with Crippen molar-refractivity contribution in [2.24, 2.45) is 4.99 Å². The Kier molecular flexibility index (Phi) is 4.37. The van der Waals surface area contributed by atoms with Crippen LogP contribution >= 0.6 is 11.6 Å². The summed E-state index contributed by atoms with van der Waals surface area (Å²) >= 11 is 5.90. The molecule has 22 heavy (non-hydrogen) atoms. The lowest BCUT2D eigenvalue weighted by Gasteiger charge is -2.20. The molecule has 7 nitrogen and oxygen atoms in total. The largest absolute Gasteiger partial charge is 0.481 e. The molecule has 1 aromatic rings. The van der Waals surface area contributed by atoms with Crippen molar-refractivity contribution >= 4 is 40.8 Å². The van der Waals surface area contributed by atoms with E-state index in [-0.39, 0.29) is 11.1 Å². The van der Waals surface area contributed by atoms with Gasteiger partial charge in [0.25, 0.3) is 0 Å². The molecule has 0 radical (unpaired) electrons. The van der Waals surface area contributed by atoms with Gasteiger partial charge in [0.05, 0.1) is 6.42 Å². The summed E-state index contributed by atoms with van der Waals surface area (Å²) in [6, 6.07) is 4.27. The molecule has 0 saturated carbocycles. The maximum Gasteiger partial charge on any atom is 0.329 e. The molecule has 0 heterocycles. The first-order valence-corrected chi connectivity index (χ1v) is 6.61. The third-order valence-electron chi connectivity index (χ3n) is 3.09. The van der Waals surface area contributed by atoms with Crippen LogP contribution in [0.3, 0.4) is 0 Å². The Hall–Kier alpha value is -2.54. The number of halogens is 1. The fourth-order valence-corrected chi connectivity index (χ4v) is 2.33. The van der Waals surface area contributed by atoms with Gasteiger partial charge < -0.3 is 10.2 Å². The summed E-state index contributed by atoms with van der Waals surface area (Å²) in [6.07, 6.45) is -0.814. The third kappa shape index (κ3) is 2.89. The second-order valence-electron chi connectivity index (χ2n) is 4.57. The van der Waals surface area contributed by atoms with Crippen LogP contribution in [0.1, 0.15) is 27.1 Å². The molecule has 0 saturated heterocycles. The summed E-state index contributed by atoms with van der Waals surface area (Å²) in [7, 11) is 0. The second-order valence-corrected chi connectivity index (χ2v) is 5.00. The number of alkyl halides is 1. The van der Waals surface area contributed by atoms with Gasteiger partial charge in [-0.2, -0.15) is 0 Å². The summed E-state index contributed by atoms with van der Waals surface area (Å²) in [5.41, 5.74) is -0.238. The number of hydrogen-bond acceptors (Lipinski definition) is 5. The van der Waals surface area contributed by atoms with Gasteiger partial charge in [0.1, 0.15) is 11.1 Å². The third-order valence-corrected chi connectivity index (χ3v) is 3.49. The topological polar surface area (TPSA) is 121 Å². The zero-order chi connectivity index (χ0) is 16.4. The number of carbonyl (C=O) groups excluding carboxylic acids is 2. The van der Waals surface area contributed by atoms with Crippen molar-refractivity contribution in [1.29, 1.82) is 0 Å². The molecule has 114 valence electrons. The van der Waals surface area contributed by atoms with Crippen LogP contribution in [0.25, 0.3) is 0 Å². The average Bonchev–Trinajstić information content (AvgIpc) is 2.47. The quantitative estimate of drug-likeness (QED) is 0.798. The predicted molar refractivity (Wildman–Crippen MR) is 75.9 cm³/mol. The molecule has 1 aliphatic rings. The molecule has 0 unspecified atom stereocenters. The number of carboxylic acid groups (broad SMARTS) is 2. The van der Waals surface area contributed by atoms with E-state index in [9.17, 15) is 19.2 Å². The van der Waals surface area contributed by atoms with Crippen molar-refractivity contribution in [3.8, 4) is 0 Å². The number of ketones is 2. The standard InChI is InChI=1S/C14H10ClNO6/c15-10-11(16-8(14(21)22)5-9(17)18)13(20)7-4-2-1-3-6(7)12(10)19/h1-4,8,10H,5H2,(H,17,18)(H,21,22)/t8-,10+/m0/s1. The first-order chi connectivity index (χ1) is 10.3. The maximum atomic E-state index is 12.3. The minimum atomic E-state index is -1.68. The highest BCUT2D eigenvalue weighted by molar-refractivity contribution is 6.64. The molecule has 0 bridgehead atoms. The van der Waals surface area contributed by atoms with Crippen LogP contribution in [0.2, 0.25) is 0 Å². The fourth-order valence-electron chi connectivity index (χ4n) is 2.06. The molecule has 8 heteroatoms. The molecule has 2 rings (SSSR count). The van der Waals surface area contributed by atoms with Gasteiger partial charge in [-0.1, -0.05) is 24.3 Å². The van der Waals surface area contributed by atoms with Crippen molar-refractivity contribution in [2.45, 2.75) is 17.8 Å². The molecule has 0 aromatic heterocycles. The minimum Gasteiger partial charge on any atom is -0.481 e. The fraction of sp³-hybridized carbons (Fsp3) is 0.214. The number of carboxylic acids is 2. The van der Waals surface area contributed by atoms with E-state index in [1.165, 1.54) is 12.1 Å². The lowest BCUT2D eigenvalue weighted by molar-refractivity contribution is -0.144. The number of nitrogens with zero attached hydrogens (tertiary/aromatic N) is 1. The Morgan fingerprint density at radius 2 is 1.77 bits per heavy atom. The summed E-state index contributed by atoms with van der Waals surface area (Å²) in [4.78, 5) is 49.8. The van der Waals surface area contributed by atoms with Gasteiger partial charge in [-0.15, -0.1) is 11.6 Å². The molecule has 0 aliphatic heterocycles. The highest BCUT2D eigenvalue weighted by atomic mass is 35.5. The number of carbonyl (C=O) groups is 4. The van der Waals surface area contributed by atoms with Crippen molar-refractivity contribution < 1.29 is 29.4 Å². The monoisotopic (exact) mass is 323 g/mol. The Balaban J connectivity index is 2.49. The van der Waals surface area contributed by atoms with Gasteiger partial charge in [0.15, 0.2) is 11.8 Å².